The Hall–Kier alpha value is -2.37. The predicted molar refractivity (Wildman–Crippen MR) is 110 cm³/mol. The molecular formula is C20H18ClN3OS. The van der Waals surface area contributed by atoms with Crippen LogP contribution >= 0.6 is 23.4 Å². The van der Waals surface area contributed by atoms with Gasteiger partial charge in [0.2, 0.25) is 5.91 Å². The third-order valence-electron chi connectivity index (χ3n) is 3.84. The lowest BCUT2D eigenvalue weighted by Gasteiger charge is -2.13. The number of carbonyl (C=O) groups excluding carboxylic acids is 1. The van der Waals surface area contributed by atoms with Crippen molar-refractivity contribution in [3.8, 4) is 0 Å². The SMILES string of the molecule is C=CCN1C(=O)C(Cc2ccccc2Cl)SC1=NN=Cc1ccccc1. The van der Waals surface area contributed by atoms with Crippen molar-refractivity contribution in [3.63, 3.8) is 0 Å². The molecule has 1 fully saturated rings. The summed E-state index contributed by atoms with van der Waals surface area (Å²) in [6.45, 7) is 4.13. The van der Waals surface area contributed by atoms with E-state index in [0.717, 1.165) is 11.1 Å². The van der Waals surface area contributed by atoms with Crippen LogP contribution in [-0.4, -0.2) is 34.0 Å². The van der Waals surface area contributed by atoms with E-state index in [4.69, 9.17) is 11.6 Å². The number of benzene rings is 2. The van der Waals surface area contributed by atoms with Crippen molar-refractivity contribution in [2.45, 2.75) is 11.7 Å². The van der Waals surface area contributed by atoms with Crippen molar-refractivity contribution >= 4 is 40.7 Å². The molecule has 1 atom stereocenters. The number of thioether (sulfide) groups is 1. The highest BCUT2D eigenvalue weighted by Crippen LogP contribution is 2.31. The molecule has 132 valence electrons. The van der Waals surface area contributed by atoms with E-state index in [9.17, 15) is 4.79 Å². The molecule has 26 heavy (non-hydrogen) atoms. The van der Waals surface area contributed by atoms with Gasteiger partial charge in [0.1, 0.15) is 0 Å². The largest absolute Gasteiger partial charge is 0.285 e. The number of hydrogen-bond donors (Lipinski definition) is 0. The van der Waals surface area contributed by atoms with E-state index in [-0.39, 0.29) is 11.2 Å². The van der Waals surface area contributed by atoms with Crippen molar-refractivity contribution in [3.05, 3.63) is 83.4 Å². The lowest BCUT2D eigenvalue weighted by Crippen LogP contribution is -2.32. The summed E-state index contributed by atoms with van der Waals surface area (Å²) in [6.07, 6.45) is 3.91. The second kappa shape index (κ2) is 8.83. The Labute approximate surface area is 162 Å². The normalized spacial score (nSPS) is 18.8. The maximum atomic E-state index is 12.7. The van der Waals surface area contributed by atoms with Crippen molar-refractivity contribution in [2.75, 3.05) is 6.54 Å². The lowest BCUT2D eigenvalue weighted by atomic mass is 10.1. The summed E-state index contributed by atoms with van der Waals surface area (Å²) in [5, 5.41) is 9.38. The molecule has 0 N–H and O–H groups in total. The molecule has 1 unspecified atom stereocenters. The second-order valence-corrected chi connectivity index (χ2v) is 7.25. The summed E-state index contributed by atoms with van der Waals surface area (Å²) >= 11 is 7.64. The van der Waals surface area contributed by atoms with Crippen LogP contribution in [0.15, 0.2) is 77.5 Å². The minimum atomic E-state index is -0.263. The molecule has 3 rings (SSSR count). The summed E-state index contributed by atoms with van der Waals surface area (Å²) in [7, 11) is 0. The number of nitrogens with zero attached hydrogens (tertiary/aromatic N) is 3. The Bertz CT molecular complexity index is 851. The molecule has 0 spiro atoms. The Morgan fingerprint density at radius 2 is 1.88 bits per heavy atom. The summed E-state index contributed by atoms with van der Waals surface area (Å²) in [5.41, 5.74) is 1.90. The summed E-state index contributed by atoms with van der Waals surface area (Å²) in [4.78, 5) is 14.3. The highest BCUT2D eigenvalue weighted by Gasteiger charge is 2.37. The minimum absolute atomic E-state index is 0.00322. The fraction of sp³-hybridized carbons (Fsp3) is 0.150. The molecule has 1 aliphatic heterocycles. The monoisotopic (exact) mass is 383 g/mol. The van der Waals surface area contributed by atoms with Gasteiger partial charge in [-0.2, -0.15) is 5.10 Å². The molecule has 2 aromatic rings. The van der Waals surface area contributed by atoms with Gasteiger partial charge < -0.3 is 0 Å². The van der Waals surface area contributed by atoms with Crippen LogP contribution in [0.2, 0.25) is 5.02 Å². The molecule has 2 aromatic carbocycles. The van der Waals surface area contributed by atoms with Crippen LogP contribution in [0, 0.1) is 0 Å². The number of halogens is 1. The first-order valence-electron chi connectivity index (χ1n) is 8.17. The Balaban J connectivity index is 1.77. The van der Waals surface area contributed by atoms with Crippen LogP contribution < -0.4 is 0 Å². The lowest BCUT2D eigenvalue weighted by molar-refractivity contribution is -0.125. The zero-order valence-corrected chi connectivity index (χ0v) is 15.7. The fourth-order valence-electron chi connectivity index (χ4n) is 2.56. The minimum Gasteiger partial charge on any atom is -0.285 e. The van der Waals surface area contributed by atoms with Crippen LogP contribution in [0.1, 0.15) is 11.1 Å². The number of hydrogen-bond acceptors (Lipinski definition) is 4. The third-order valence-corrected chi connectivity index (χ3v) is 5.38. The smallest absolute Gasteiger partial charge is 0.242 e. The van der Waals surface area contributed by atoms with Crippen LogP contribution in [0.3, 0.4) is 0 Å². The van der Waals surface area contributed by atoms with Gasteiger partial charge in [-0.1, -0.05) is 78.0 Å². The van der Waals surface area contributed by atoms with Gasteiger partial charge in [-0.15, -0.1) is 11.7 Å². The molecule has 0 bridgehead atoms. The molecule has 1 saturated heterocycles. The second-order valence-electron chi connectivity index (χ2n) is 5.68. The van der Waals surface area contributed by atoms with Crippen LogP contribution in [0.5, 0.6) is 0 Å². The third kappa shape index (κ3) is 4.42. The first-order chi connectivity index (χ1) is 12.7. The van der Waals surface area contributed by atoms with Crippen molar-refractivity contribution in [1.29, 1.82) is 0 Å². The number of rotatable bonds is 6. The van der Waals surface area contributed by atoms with Crippen molar-refractivity contribution < 1.29 is 4.79 Å². The van der Waals surface area contributed by atoms with E-state index in [1.54, 1.807) is 17.2 Å². The maximum Gasteiger partial charge on any atom is 0.242 e. The molecule has 0 radical (unpaired) electrons. The van der Waals surface area contributed by atoms with E-state index in [0.29, 0.717) is 23.2 Å². The Morgan fingerprint density at radius 3 is 2.62 bits per heavy atom. The van der Waals surface area contributed by atoms with Gasteiger partial charge in [-0.3, -0.25) is 9.69 Å². The zero-order chi connectivity index (χ0) is 18.4. The van der Waals surface area contributed by atoms with Gasteiger partial charge in [-0.25, -0.2) is 0 Å². The molecule has 4 nitrogen and oxygen atoms in total. The van der Waals surface area contributed by atoms with Crippen LogP contribution in [-0.2, 0) is 11.2 Å². The first-order valence-corrected chi connectivity index (χ1v) is 9.43. The molecule has 1 amide bonds. The van der Waals surface area contributed by atoms with E-state index in [1.807, 2.05) is 54.6 Å². The average molecular weight is 384 g/mol. The summed E-state index contributed by atoms with van der Waals surface area (Å²) in [5.74, 6) is 0.00322. The molecular weight excluding hydrogens is 366 g/mol. The van der Waals surface area contributed by atoms with E-state index >= 15 is 0 Å². The molecule has 0 aromatic heterocycles. The van der Waals surface area contributed by atoms with E-state index < -0.39 is 0 Å². The molecule has 1 heterocycles. The molecule has 6 heteroatoms. The van der Waals surface area contributed by atoms with E-state index in [1.165, 1.54) is 11.8 Å². The quantitative estimate of drug-likeness (QED) is 0.421. The summed E-state index contributed by atoms with van der Waals surface area (Å²) < 4.78 is 0. The van der Waals surface area contributed by atoms with Crippen molar-refractivity contribution in [2.24, 2.45) is 10.2 Å². The highest BCUT2D eigenvalue weighted by atomic mass is 35.5. The first kappa shape index (κ1) is 18.4. The molecule has 0 saturated carbocycles. The van der Waals surface area contributed by atoms with Crippen LogP contribution in [0.25, 0.3) is 0 Å². The highest BCUT2D eigenvalue weighted by molar-refractivity contribution is 8.15. The molecule has 0 aliphatic carbocycles. The van der Waals surface area contributed by atoms with Crippen molar-refractivity contribution in [1.82, 2.24) is 4.90 Å². The fourth-order valence-corrected chi connectivity index (χ4v) is 3.91. The maximum absolute atomic E-state index is 12.7. The van der Waals surface area contributed by atoms with Gasteiger partial charge >= 0.3 is 0 Å². The standard InChI is InChI=1S/C20H18ClN3OS/c1-2-12-24-19(25)18(13-16-10-6-7-11-17(16)21)26-20(24)23-22-14-15-8-4-3-5-9-15/h2-11,14,18H,1,12-13H2. The average Bonchev–Trinajstić information content (AvgIpc) is 2.94. The number of amides is 1. The number of amidine groups is 1. The van der Waals surface area contributed by atoms with Gasteiger partial charge in [0.15, 0.2) is 5.17 Å². The topological polar surface area (TPSA) is 45.0 Å². The summed E-state index contributed by atoms with van der Waals surface area (Å²) in [6, 6.07) is 17.3. The van der Waals surface area contributed by atoms with Gasteiger partial charge in [-0.05, 0) is 23.6 Å². The van der Waals surface area contributed by atoms with Gasteiger partial charge in [0.25, 0.3) is 0 Å². The Kier molecular flexibility index (Phi) is 6.26. The predicted octanol–water partition coefficient (Wildman–Crippen LogP) is 4.40. The zero-order valence-electron chi connectivity index (χ0n) is 14.1. The van der Waals surface area contributed by atoms with Crippen LogP contribution in [0.4, 0.5) is 0 Å². The van der Waals surface area contributed by atoms with Gasteiger partial charge in [0.05, 0.1) is 11.5 Å². The molecule has 1 aliphatic rings. The van der Waals surface area contributed by atoms with Gasteiger partial charge in [0, 0.05) is 11.6 Å². The Morgan fingerprint density at radius 1 is 1.15 bits per heavy atom. The number of carbonyl (C=O) groups is 1. The van der Waals surface area contributed by atoms with E-state index in [2.05, 4.69) is 16.8 Å².